The predicted molar refractivity (Wildman–Crippen MR) is 169 cm³/mol. The van der Waals surface area contributed by atoms with Crippen LogP contribution in [-0.2, 0) is 32.0 Å². The average Bonchev–Trinajstić information content (AvgIpc) is 3.32. The van der Waals surface area contributed by atoms with E-state index in [9.17, 15) is 24.3 Å². The fraction of sp³-hybridized carbons (Fsp3) is 0.419. The van der Waals surface area contributed by atoms with Crippen LogP contribution >= 0.6 is 34.8 Å². The van der Waals surface area contributed by atoms with Crippen LogP contribution in [0, 0.1) is 5.92 Å². The Morgan fingerprint density at radius 1 is 0.955 bits per heavy atom. The number of carboxylic acid groups (broad SMARTS) is 2. The molecule has 0 bridgehead atoms. The molecule has 44 heavy (non-hydrogen) atoms. The maximum atomic E-state index is 14.1. The van der Waals surface area contributed by atoms with E-state index >= 15 is 0 Å². The Morgan fingerprint density at radius 3 is 2.20 bits per heavy atom. The Labute approximate surface area is 270 Å². The molecule has 238 valence electrons. The third kappa shape index (κ3) is 9.51. The maximum Gasteiger partial charge on any atom is 0.408 e. The largest absolute Gasteiger partial charge is 0.481 e. The van der Waals surface area contributed by atoms with E-state index in [1.165, 1.54) is 20.8 Å². The number of hydrogen-bond donors (Lipinski definition) is 5. The lowest BCUT2D eigenvalue weighted by Gasteiger charge is -2.36. The summed E-state index contributed by atoms with van der Waals surface area (Å²) in [6.45, 7) is 4.35. The molecule has 1 heterocycles. The minimum atomic E-state index is -1.97. The highest BCUT2D eigenvalue weighted by Gasteiger charge is 2.46. The second kappa shape index (κ2) is 14.5. The predicted octanol–water partition coefficient (Wildman–Crippen LogP) is 6.03. The second-order valence-corrected chi connectivity index (χ2v) is 13.7. The number of aromatic amines is 1. The Balaban J connectivity index is 1.95. The number of aliphatic carboxylic acids is 2. The molecule has 3 atom stereocenters. The van der Waals surface area contributed by atoms with Crippen molar-refractivity contribution < 1.29 is 34.1 Å². The minimum Gasteiger partial charge on any atom is -0.481 e. The van der Waals surface area contributed by atoms with E-state index in [4.69, 9.17) is 44.6 Å². The first-order valence-electron chi connectivity index (χ1n) is 13.9. The van der Waals surface area contributed by atoms with E-state index in [1.54, 1.807) is 6.20 Å². The van der Waals surface area contributed by atoms with E-state index < -0.39 is 50.8 Å². The van der Waals surface area contributed by atoms with Gasteiger partial charge in [0, 0.05) is 36.0 Å². The third-order valence-electron chi connectivity index (χ3n) is 7.41. The third-order valence-corrected chi connectivity index (χ3v) is 8.78. The molecule has 2 amide bonds. The summed E-state index contributed by atoms with van der Waals surface area (Å²) in [7, 11) is 0. The summed E-state index contributed by atoms with van der Waals surface area (Å²) in [5.41, 5.74) is -0.802. The van der Waals surface area contributed by atoms with Gasteiger partial charge in [-0.3, -0.25) is 14.4 Å². The molecule has 3 rings (SSSR count). The molecular formula is C31H36Cl3N3O7. The molecule has 2 aromatic carbocycles. The van der Waals surface area contributed by atoms with Crippen molar-refractivity contribution in [2.75, 3.05) is 0 Å². The number of H-pyrrole nitrogens is 1. The van der Waals surface area contributed by atoms with Gasteiger partial charge < -0.3 is 30.6 Å². The molecule has 0 aliphatic carbocycles. The van der Waals surface area contributed by atoms with Crippen LogP contribution in [0.5, 0.6) is 0 Å². The van der Waals surface area contributed by atoms with Crippen LogP contribution in [0.25, 0.3) is 10.9 Å². The number of nitrogens with one attached hydrogen (secondary N) is 3. The van der Waals surface area contributed by atoms with Crippen molar-refractivity contribution in [3.8, 4) is 0 Å². The Kier molecular flexibility index (Phi) is 11.6. The van der Waals surface area contributed by atoms with Gasteiger partial charge in [-0.05, 0) is 57.2 Å². The number of carbonyl (C=O) groups excluding carboxylic acids is 2. The Bertz CT molecular complexity index is 1470. The summed E-state index contributed by atoms with van der Waals surface area (Å²) in [4.78, 5) is 53.7. The number of benzene rings is 2. The van der Waals surface area contributed by atoms with E-state index in [0.29, 0.717) is 0 Å². The van der Waals surface area contributed by atoms with Gasteiger partial charge in [0.1, 0.15) is 5.54 Å². The molecule has 3 aromatic rings. The van der Waals surface area contributed by atoms with E-state index in [-0.39, 0.29) is 32.1 Å². The van der Waals surface area contributed by atoms with Crippen LogP contribution in [0.15, 0.2) is 60.8 Å². The van der Waals surface area contributed by atoms with E-state index in [0.717, 1.165) is 22.0 Å². The molecule has 1 aromatic heterocycles. The number of amides is 2. The second-order valence-electron chi connectivity index (χ2n) is 11.5. The first-order chi connectivity index (χ1) is 20.5. The number of alkyl carbamates (subject to hydrolysis) is 1. The average molecular weight is 669 g/mol. The number of rotatable bonds is 14. The summed E-state index contributed by atoms with van der Waals surface area (Å²) < 4.78 is 3.47. The lowest BCUT2D eigenvalue weighted by Crippen LogP contribution is -2.61. The highest BCUT2D eigenvalue weighted by molar-refractivity contribution is 6.68. The SMILES string of the molecule is CC(Cc1c[nH]c2ccccc12)(NC(=O)OC(C)(C)C(Cl)(Cl)Cl)C(=O)NC(Cc1ccccc1)CC(CCC(=O)O)C(=O)O. The molecular weight excluding hydrogens is 633 g/mol. The summed E-state index contributed by atoms with van der Waals surface area (Å²) in [5, 5.41) is 25.4. The first-order valence-corrected chi connectivity index (χ1v) is 15.1. The zero-order valence-electron chi connectivity index (χ0n) is 24.5. The van der Waals surface area contributed by atoms with Crippen molar-refractivity contribution in [1.29, 1.82) is 0 Å². The number of hydrogen-bond acceptors (Lipinski definition) is 5. The van der Waals surface area contributed by atoms with Crippen LogP contribution in [0.1, 0.15) is 51.2 Å². The quantitative estimate of drug-likeness (QED) is 0.131. The number of carboxylic acids is 2. The summed E-state index contributed by atoms with van der Waals surface area (Å²) in [6, 6.07) is 15.9. The number of alkyl halides is 3. The summed E-state index contributed by atoms with van der Waals surface area (Å²) in [5.74, 6) is -3.94. The van der Waals surface area contributed by atoms with Gasteiger partial charge in [0.2, 0.25) is 9.70 Å². The first kappa shape index (κ1) is 35.0. The van der Waals surface area contributed by atoms with Crippen molar-refractivity contribution in [1.82, 2.24) is 15.6 Å². The number of ether oxygens (including phenoxy) is 1. The van der Waals surface area contributed by atoms with Crippen molar-refractivity contribution in [3.63, 3.8) is 0 Å². The van der Waals surface area contributed by atoms with Gasteiger partial charge in [0.15, 0.2) is 5.60 Å². The number of halogens is 3. The zero-order valence-corrected chi connectivity index (χ0v) is 26.8. The lowest BCUT2D eigenvalue weighted by molar-refractivity contribution is -0.143. The molecule has 13 heteroatoms. The van der Waals surface area contributed by atoms with Crippen molar-refractivity contribution >= 4 is 69.6 Å². The fourth-order valence-corrected chi connectivity index (χ4v) is 4.92. The Morgan fingerprint density at radius 2 is 1.59 bits per heavy atom. The molecule has 0 fully saturated rings. The highest BCUT2D eigenvalue weighted by atomic mass is 35.6. The van der Waals surface area contributed by atoms with Crippen LogP contribution in [0.2, 0.25) is 0 Å². The molecule has 3 unspecified atom stereocenters. The molecule has 10 nitrogen and oxygen atoms in total. The van der Waals surface area contributed by atoms with Gasteiger partial charge >= 0.3 is 18.0 Å². The topological polar surface area (TPSA) is 158 Å². The fourth-order valence-electron chi connectivity index (χ4n) is 4.80. The molecule has 0 radical (unpaired) electrons. The smallest absolute Gasteiger partial charge is 0.408 e. The number of carbonyl (C=O) groups is 4. The standard InChI is InChI=1S/C31H36Cl3N3O7/c1-29(2,31(32,33)34)44-28(43)37-30(3,17-21-18-35-24-12-8-7-11-23(21)24)27(42)36-22(15-19-9-5-4-6-10-19)16-20(26(40)41)13-14-25(38)39/h4-12,18,20,22,35H,13-17H2,1-3H3,(H,36,42)(H,37,43)(H,38,39)(H,40,41). The normalized spacial score (nSPS) is 14.7. The van der Waals surface area contributed by atoms with Crippen molar-refractivity contribution in [2.45, 2.75) is 73.8 Å². The molecule has 0 spiro atoms. The molecule has 5 N–H and O–H groups in total. The number of aromatic nitrogens is 1. The summed E-state index contributed by atoms with van der Waals surface area (Å²) >= 11 is 18.0. The summed E-state index contributed by atoms with van der Waals surface area (Å²) in [6.07, 6.45) is 0.508. The maximum absolute atomic E-state index is 14.1. The molecule has 0 saturated carbocycles. The van der Waals surface area contributed by atoms with Gasteiger partial charge in [0.25, 0.3) is 0 Å². The lowest BCUT2D eigenvalue weighted by atomic mass is 9.88. The van der Waals surface area contributed by atoms with E-state index in [2.05, 4.69) is 15.6 Å². The Hall–Kier alpha value is -3.47. The van der Waals surface area contributed by atoms with Crippen LogP contribution in [0.4, 0.5) is 4.79 Å². The number of para-hydroxylation sites is 1. The molecule has 0 aliphatic rings. The molecule has 0 saturated heterocycles. The minimum absolute atomic E-state index is 0.0194. The van der Waals surface area contributed by atoms with Gasteiger partial charge in [-0.25, -0.2) is 4.79 Å². The number of fused-ring (bicyclic) bond motifs is 1. The molecule has 0 aliphatic heterocycles. The van der Waals surface area contributed by atoms with Crippen molar-refractivity contribution in [3.05, 3.63) is 71.9 Å². The van der Waals surface area contributed by atoms with E-state index in [1.807, 2.05) is 54.6 Å². The van der Waals surface area contributed by atoms with Crippen molar-refractivity contribution in [2.24, 2.45) is 5.92 Å². The van der Waals surface area contributed by atoms with Crippen LogP contribution in [0.3, 0.4) is 0 Å². The van der Waals surface area contributed by atoms with Gasteiger partial charge in [-0.2, -0.15) is 0 Å². The van der Waals surface area contributed by atoms with Crippen LogP contribution < -0.4 is 10.6 Å². The van der Waals surface area contributed by atoms with Crippen LogP contribution in [-0.4, -0.2) is 60.1 Å². The zero-order chi connectivity index (χ0) is 32.7. The highest BCUT2D eigenvalue weighted by Crippen LogP contribution is 2.40. The van der Waals surface area contributed by atoms with Gasteiger partial charge in [0.05, 0.1) is 5.92 Å². The monoisotopic (exact) mass is 667 g/mol. The van der Waals surface area contributed by atoms with Gasteiger partial charge in [-0.1, -0.05) is 83.3 Å². The van der Waals surface area contributed by atoms with Gasteiger partial charge in [-0.15, -0.1) is 0 Å².